The van der Waals surface area contributed by atoms with Crippen molar-refractivity contribution in [3.63, 3.8) is 0 Å². The Morgan fingerprint density at radius 1 is 1.33 bits per heavy atom. The molecule has 0 bridgehead atoms. The van der Waals surface area contributed by atoms with E-state index in [1.165, 1.54) is 12.1 Å². The number of aromatic nitrogens is 1. The average molecular weight is 287 g/mol. The Labute approximate surface area is 118 Å². The number of amides is 2. The van der Waals surface area contributed by atoms with E-state index in [1.807, 2.05) is 0 Å². The SMILES string of the molecule is O=C1COc2ccc(NC(=O)c3cccc(F)n3)cc2N1. The van der Waals surface area contributed by atoms with Crippen molar-refractivity contribution in [1.29, 1.82) is 0 Å². The molecular weight excluding hydrogens is 277 g/mol. The molecule has 106 valence electrons. The zero-order chi connectivity index (χ0) is 14.8. The topological polar surface area (TPSA) is 80.3 Å². The van der Waals surface area contributed by atoms with Gasteiger partial charge in [0.1, 0.15) is 11.4 Å². The molecule has 21 heavy (non-hydrogen) atoms. The van der Waals surface area contributed by atoms with Crippen molar-refractivity contribution < 1.29 is 18.7 Å². The highest BCUT2D eigenvalue weighted by Crippen LogP contribution is 2.30. The van der Waals surface area contributed by atoms with E-state index in [4.69, 9.17) is 4.74 Å². The number of nitrogens with zero attached hydrogens (tertiary/aromatic N) is 1. The number of carbonyl (C=O) groups excluding carboxylic acids is 2. The van der Waals surface area contributed by atoms with Crippen molar-refractivity contribution in [3.05, 3.63) is 48.0 Å². The van der Waals surface area contributed by atoms with Crippen LogP contribution in [-0.4, -0.2) is 23.4 Å². The Morgan fingerprint density at radius 3 is 3.00 bits per heavy atom. The first-order valence-electron chi connectivity index (χ1n) is 6.12. The van der Waals surface area contributed by atoms with Gasteiger partial charge in [0.25, 0.3) is 11.8 Å². The van der Waals surface area contributed by atoms with E-state index in [-0.39, 0.29) is 18.2 Å². The molecule has 0 radical (unpaired) electrons. The number of benzene rings is 1. The molecule has 2 amide bonds. The first-order chi connectivity index (χ1) is 10.1. The maximum Gasteiger partial charge on any atom is 0.274 e. The number of hydrogen-bond donors (Lipinski definition) is 2. The molecule has 1 aromatic carbocycles. The molecule has 7 heteroatoms. The van der Waals surface area contributed by atoms with Crippen molar-refractivity contribution in [2.75, 3.05) is 17.2 Å². The van der Waals surface area contributed by atoms with Crippen molar-refractivity contribution in [2.24, 2.45) is 0 Å². The van der Waals surface area contributed by atoms with Crippen LogP contribution in [0.15, 0.2) is 36.4 Å². The normalized spacial score (nSPS) is 12.9. The smallest absolute Gasteiger partial charge is 0.274 e. The van der Waals surface area contributed by atoms with E-state index < -0.39 is 11.9 Å². The summed E-state index contributed by atoms with van der Waals surface area (Å²) in [5.41, 5.74) is 0.875. The van der Waals surface area contributed by atoms with E-state index in [2.05, 4.69) is 15.6 Å². The predicted octanol–water partition coefficient (Wildman–Crippen LogP) is 1.80. The predicted molar refractivity (Wildman–Crippen MR) is 72.7 cm³/mol. The summed E-state index contributed by atoms with van der Waals surface area (Å²) in [6, 6.07) is 8.77. The summed E-state index contributed by atoms with van der Waals surface area (Å²) in [7, 11) is 0. The van der Waals surface area contributed by atoms with E-state index in [9.17, 15) is 14.0 Å². The summed E-state index contributed by atoms with van der Waals surface area (Å²) in [6.07, 6.45) is 0. The fourth-order valence-electron chi connectivity index (χ4n) is 1.89. The monoisotopic (exact) mass is 287 g/mol. The highest BCUT2D eigenvalue weighted by molar-refractivity contribution is 6.03. The van der Waals surface area contributed by atoms with E-state index in [1.54, 1.807) is 18.2 Å². The van der Waals surface area contributed by atoms with Gasteiger partial charge in [0.15, 0.2) is 6.61 Å². The maximum absolute atomic E-state index is 13.0. The lowest BCUT2D eigenvalue weighted by Gasteiger charge is -2.18. The molecule has 2 N–H and O–H groups in total. The third-order valence-corrected chi connectivity index (χ3v) is 2.82. The molecule has 6 nitrogen and oxygen atoms in total. The standard InChI is InChI=1S/C14H10FN3O3/c15-12-3-1-2-9(17-12)14(20)16-8-4-5-11-10(6-8)18-13(19)7-21-11/h1-6H,7H2,(H,16,20)(H,18,19). The Hall–Kier alpha value is -2.96. The van der Waals surface area contributed by atoms with Crippen molar-refractivity contribution >= 4 is 23.2 Å². The molecule has 1 aromatic heterocycles. The van der Waals surface area contributed by atoms with Crippen LogP contribution in [-0.2, 0) is 4.79 Å². The van der Waals surface area contributed by atoms with Gasteiger partial charge >= 0.3 is 0 Å². The quantitative estimate of drug-likeness (QED) is 0.825. The molecule has 3 rings (SSSR count). The average Bonchev–Trinajstić information content (AvgIpc) is 2.46. The lowest BCUT2D eigenvalue weighted by molar-refractivity contribution is -0.118. The summed E-state index contributed by atoms with van der Waals surface area (Å²) in [5.74, 6) is -1.01. The van der Waals surface area contributed by atoms with Crippen LogP contribution in [0.1, 0.15) is 10.5 Å². The number of rotatable bonds is 2. The molecule has 0 aliphatic carbocycles. The molecule has 0 saturated heterocycles. The minimum atomic E-state index is -0.728. The second-order valence-corrected chi connectivity index (χ2v) is 4.35. The van der Waals surface area contributed by atoms with Crippen LogP contribution >= 0.6 is 0 Å². The molecule has 2 aromatic rings. The van der Waals surface area contributed by atoms with Gasteiger partial charge in [-0.1, -0.05) is 6.07 Å². The van der Waals surface area contributed by atoms with Crippen LogP contribution in [0, 0.1) is 5.95 Å². The fourth-order valence-corrected chi connectivity index (χ4v) is 1.89. The zero-order valence-corrected chi connectivity index (χ0v) is 10.7. The van der Waals surface area contributed by atoms with Crippen LogP contribution in [0.3, 0.4) is 0 Å². The van der Waals surface area contributed by atoms with E-state index in [0.29, 0.717) is 17.1 Å². The van der Waals surface area contributed by atoms with Gasteiger partial charge in [0, 0.05) is 5.69 Å². The van der Waals surface area contributed by atoms with Gasteiger partial charge < -0.3 is 15.4 Å². The van der Waals surface area contributed by atoms with Crippen LogP contribution in [0.25, 0.3) is 0 Å². The van der Waals surface area contributed by atoms with Crippen LogP contribution < -0.4 is 15.4 Å². The van der Waals surface area contributed by atoms with Crippen molar-refractivity contribution in [3.8, 4) is 5.75 Å². The third-order valence-electron chi connectivity index (χ3n) is 2.82. The van der Waals surface area contributed by atoms with Crippen molar-refractivity contribution in [1.82, 2.24) is 4.98 Å². The van der Waals surface area contributed by atoms with Gasteiger partial charge in [-0.25, -0.2) is 4.98 Å². The number of anilines is 2. The number of carbonyl (C=O) groups is 2. The molecule has 0 unspecified atom stereocenters. The number of nitrogens with one attached hydrogen (secondary N) is 2. The Kier molecular flexibility index (Phi) is 3.23. The highest BCUT2D eigenvalue weighted by Gasteiger charge is 2.17. The number of fused-ring (bicyclic) bond motifs is 1. The van der Waals surface area contributed by atoms with Crippen LogP contribution in [0.2, 0.25) is 0 Å². The Bertz CT molecular complexity index is 733. The molecule has 1 aliphatic heterocycles. The molecule has 2 heterocycles. The minimum absolute atomic E-state index is 0.0343. The number of pyridine rings is 1. The molecular formula is C14H10FN3O3. The molecule has 0 atom stereocenters. The Morgan fingerprint density at radius 2 is 2.19 bits per heavy atom. The summed E-state index contributed by atoms with van der Waals surface area (Å²) in [6.45, 7) is -0.0358. The summed E-state index contributed by atoms with van der Waals surface area (Å²) in [5, 5.41) is 5.21. The first-order valence-corrected chi connectivity index (χ1v) is 6.12. The fraction of sp³-hybridized carbons (Fsp3) is 0.0714. The van der Waals surface area contributed by atoms with Gasteiger partial charge in [-0.15, -0.1) is 0 Å². The summed E-state index contributed by atoms with van der Waals surface area (Å²) < 4.78 is 18.2. The minimum Gasteiger partial charge on any atom is -0.482 e. The largest absolute Gasteiger partial charge is 0.482 e. The zero-order valence-electron chi connectivity index (χ0n) is 10.7. The van der Waals surface area contributed by atoms with Gasteiger partial charge in [0.2, 0.25) is 5.95 Å². The van der Waals surface area contributed by atoms with Crippen LogP contribution in [0.5, 0.6) is 5.75 Å². The molecule has 1 aliphatic rings. The first kappa shape index (κ1) is 13.0. The second kappa shape index (κ2) is 5.20. The van der Waals surface area contributed by atoms with Gasteiger partial charge in [0.05, 0.1) is 5.69 Å². The molecule has 0 spiro atoms. The number of ether oxygens (including phenoxy) is 1. The lowest BCUT2D eigenvalue weighted by Crippen LogP contribution is -2.25. The summed E-state index contributed by atoms with van der Waals surface area (Å²) >= 11 is 0. The number of hydrogen-bond acceptors (Lipinski definition) is 4. The van der Waals surface area contributed by atoms with E-state index >= 15 is 0 Å². The van der Waals surface area contributed by atoms with Gasteiger partial charge in [-0.3, -0.25) is 9.59 Å². The lowest BCUT2D eigenvalue weighted by atomic mass is 10.2. The maximum atomic E-state index is 13.0. The summed E-state index contributed by atoms with van der Waals surface area (Å²) in [4.78, 5) is 26.7. The third kappa shape index (κ3) is 2.81. The van der Waals surface area contributed by atoms with Crippen molar-refractivity contribution in [2.45, 2.75) is 0 Å². The van der Waals surface area contributed by atoms with Gasteiger partial charge in [-0.05, 0) is 30.3 Å². The molecule has 0 fully saturated rings. The highest BCUT2D eigenvalue weighted by atomic mass is 19.1. The van der Waals surface area contributed by atoms with E-state index in [0.717, 1.165) is 6.07 Å². The molecule has 0 saturated carbocycles. The Balaban J connectivity index is 1.80. The number of halogens is 1. The van der Waals surface area contributed by atoms with Gasteiger partial charge in [-0.2, -0.15) is 4.39 Å². The van der Waals surface area contributed by atoms with Crippen LogP contribution in [0.4, 0.5) is 15.8 Å². The second-order valence-electron chi connectivity index (χ2n) is 4.35.